The van der Waals surface area contributed by atoms with E-state index in [1.165, 1.54) is 17.2 Å². The van der Waals surface area contributed by atoms with Gasteiger partial charge < -0.3 is 9.80 Å². The molecule has 0 N–H and O–H groups in total. The Balaban J connectivity index is 1.24. The van der Waals surface area contributed by atoms with Crippen LogP contribution < -0.4 is 4.90 Å². The number of halogens is 1. The first kappa shape index (κ1) is 23.5. The summed E-state index contributed by atoms with van der Waals surface area (Å²) in [5.74, 6) is 0.163. The fourth-order valence-corrected chi connectivity index (χ4v) is 4.70. The third-order valence-electron chi connectivity index (χ3n) is 6.59. The smallest absolute Gasteiger partial charge is 0.294 e. The summed E-state index contributed by atoms with van der Waals surface area (Å²) in [6.45, 7) is 9.39. The number of nitrogens with zero attached hydrogens (tertiary/aromatic N) is 5. The summed E-state index contributed by atoms with van der Waals surface area (Å²) in [6.07, 6.45) is 0. The van der Waals surface area contributed by atoms with E-state index >= 15 is 0 Å². The predicted octanol–water partition coefficient (Wildman–Crippen LogP) is 3.02. The summed E-state index contributed by atoms with van der Waals surface area (Å²) in [4.78, 5) is 32.4. The molecule has 1 amide bonds. The van der Waals surface area contributed by atoms with Crippen LogP contribution in [-0.2, 0) is 11.3 Å². The molecular weight excluding hydrogens is 442 g/mol. The minimum atomic E-state index is -0.393. The van der Waals surface area contributed by atoms with Crippen molar-refractivity contribution in [1.29, 1.82) is 0 Å². The summed E-state index contributed by atoms with van der Waals surface area (Å²) < 4.78 is 0. The molecule has 2 aliphatic rings. The number of nitro benzene ring substituents is 1. The average molecular weight is 472 g/mol. The molecular formula is C24H30ClN5O3. The fourth-order valence-electron chi connectivity index (χ4n) is 4.53. The molecule has 33 heavy (non-hydrogen) atoms. The molecule has 4 rings (SSSR count). The molecule has 0 bridgehead atoms. The lowest BCUT2D eigenvalue weighted by atomic mass is 10.1. The van der Waals surface area contributed by atoms with Gasteiger partial charge in [0.1, 0.15) is 5.69 Å². The molecule has 0 radical (unpaired) electrons. The molecule has 0 saturated carbocycles. The number of anilines is 1. The van der Waals surface area contributed by atoms with Crippen molar-refractivity contribution in [3.8, 4) is 0 Å². The number of hydrogen-bond acceptors (Lipinski definition) is 6. The summed E-state index contributed by atoms with van der Waals surface area (Å²) in [7, 11) is 0. The molecule has 0 unspecified atom stereocenters. The zero-order valence-electron chi connectivity index (χ0n) is 19.0. The molecule has 0 aliphatic carbocycles. The molecule has 0 atom stereocenters. The Morgan fingerprint density at radius 1 is 0.970 bits per heavy atom. The maximum absolute atomic E-state index is 12.9. The SMILES string of the molecule is Cc1ccccc1CN1CCN(C(=O)CN2CCN(c3ccc(Cl)cc3[N+](=O)[O-])CC2)CC1. The molecule has 0 aromatic heterocycles. The van der Waals surface area contributed by atoms with E-state index in [2.05, 4.69) is 41.0 Å². The number of benzene rings is 2. The van der Waals surface area contributed by atoms with E-state index in [9.17, 15) is 14.9 Å². The van der Waals surface area contributed by atoms with Crippen LogP contribution in [0.4, 0.5) is 11.4 Å². The number of amides is 1. The highest BCUT2D eigenvalue weighted by Crippen LogP contribution is 2.31. The van der Waals surface area contributed by atoms with Crippen molar-refractivity contribution < 1.29 is 9.72 Å². The summed E-state index contributed by atoms with van der Waals surface area (Å²) >= 11 is 5.93. The van der Waals surface area contributed by atoms with E-state index in [1.807, 2.05) is 9.80 Å². The lowest BCUT2D eigenvalue weighted by Crippen LogP contribution is -2.53. The molecule has 0 spiro atoms. The topological polar surface area (TPSA) is 73.2 Å². The maximum atomic E-state index is 12.9. The predicted molar refractivity (Wildman–Crippen MR) is 130 cm³/mol. The summed E-state index contributed by atoms with van der Waals surface area (Å²) in [6, 6.07) is 13.2. The van der Waals surface area contributed by atoms with Gasteiger partial charge in [-0.3, -0.25) is 24.7 Å². The number of piperazine rings is 2. The average Bonchev–Trinajstić information content (AvgIpc) is 2.81. The van der Waals surface area contributed by atoms with Gasteiger partial charge in [-0.25, -0.2) is 0 Å². The highest BCUT2D eigenvalue weighted by atomic mass is 35.5. The van der Waals surface area contributed by atoms with Crippen molar-refractivity contribution in [2.75, 3.05) is 63.8 Å². The van der Waals surface area contributed by atoms with E-state index in [0.717, 1.165) is 32.7 Å². The van der Waals surface area contributed by atoms with Crippen LogP contribution in [-0.4, -0.2) is 84.4 Å². The van der Waals surface area contributed by atoms with Crippen LogP contribution in [0.3, 0.4) is 0 Å². The maximum Gasteiger partial charge on any atom is 0.294 e. The van der Waals surface area contributed by atoms with Gasteiger partial charge in [-0.15, -0.1) is 0 Å². The second-order valence-electron chi connectivity index (χ2n) is 8.74. The van der Waals surface area contributed by atoms with Crippen molar-refractivity contribution in [1.82, 2.24) is 14.7 Å². The first-order valence-electron chi connectivity index (χ1n) is 11.4. The third-order valence-corrected chi connectivity index (χ3v) is 6.82. The zero-order chi connectivity index (χ0) is 23.4. The van der Waals surface area contributed by atoms with Gasteiger partial charge in [0, 0.05) is 70.0 Å². The Hall–Kier alpha value is -2.68. The highest BCUT2D eigenvalue weighted by molar-refractivity contribution is 6.30. The van der Waals surface area contributed by atoms with Crippen LogP contribution in [0.25, 0.3) is 0 Å². The van der Waals surface area contributed by atoms with Crippen molar-refractivity contribution in [2.24, 2.45) is 0 Å². The van der Waals surface area contributed by atoms with Crippen LogP contribution >= 0.6 is 11.6 Å². The van der Waals surface area contributed by atoms with Gasteiger partial charge in [-0.1, -0.05) is 35.9 Å². The van der Waals surface area contributed by atoms with Crippen LogP contribution in [0, 0.1) is 17.0 Å². The van der Waals surface area contributed by atoms with E-state index < -0.39 is 4.92 Å². The van der Waals surface area contributed by atoms with Gasteiger partial charge in [0.05, 0.1) is 11.5 Å². The monoisotopic (exact) mass is 471 g/mol. The van der Waals surface area contributed by atoms with Crippen molar-refractivity contribution in [2.45, 2.75) is 13.5 Å². The molecule has 176 valence electrons. The molecule has 2 heterocycles. The van der Waals surface area contributed by atoms with Gasteiger partial charge in [0.25, 0.3) is 5.69 Å². The standard InChI is InChI=1S/C24H30ClN5O3/c1-19-4-2-3-5-20(19)17-26-10-14-29(15-11-26)24(31)18-27-8-12-28(13-9-27)22-7-6-21(25)16-23(22)30(32)33/h2-7,16H,8-15,17-18H2,1H3. The third kappa shape index (κ3) is 5.82. The Morgan fingerprint density at radius 3 is 2.30 bits per heavy atom. The Morgan fingerprint density at radius 2 is 1.64 bits per heavy atom. The van der Waals surface area contributed by atoms with Crippen LogP contribution in [0.15, 0.2) is 42.5 Å². The number of rotatable bonds is 6. The van der Waals surface area contributed by atoms with Crippen molar-refractivity contribution in [3.63, 3.8) is 0 Å². The number of hydrogen-bond donors (Lipinski definition) is 0. The Labute approximate surface area is 199 Å². The largest absolute Gasteiger partial charge is 0.363 e. The second-order valence-corrected chi connectivity index (χ2v) is 9.17. The van der Waals surface area contributed by atoms with E-state index in [1.54, 1.807) is 12.1 Å². The van der Waals surface area contributed by atoms with Crippen LogP contribution in [0.1, 0.15) is 11.1 Å². The molecule has 2 fully saturated rings. The zero-order valence-corrected chi connectivity index (χ0v) is 19.7. The van der Waals surface area contributed by atoms with Crippen molar-refractivity contribution >= 4 is 28.9 Å². The second kappa shape index (κ2) is 10.5. The Bertz CT molecular complexity index is 1000. The number of nitro groups is 1. The first-order valence-corrected chi connectivity index (χ1v) is 11.7. The molecule has 2 aromatic carbocycles. The van der Waals surface area contributed by atoms with Crippen molar-refractivity contribution in [3.05, 3.63) is 68.7 Å². The lowest BCUT2D eigenvalue weighted by molar-refractivity contribution is -0.384. The van der Waals surface area contributed by atoms with Gasteiger partial charge in [-0.05, 0) is 30.2 Å². The van der Waals surface area contributed by atoms with Gasteiger partial charge in [0.2, 0.25) is 5.91 Å². The molecule has 2 saturated heterocycles. The Kier molecular flexibility index (Phi) is 7.47. The highest BCUT2D eigenvalue weighted by Gasteiger charge is 2.27. The minimum Gasteiger partial charge on any atom is -0.363 e. The number of carbonyl (C=O) groups is 1. The van der Waals surface area contributed by atoms with Gasteiger partial charge >= 0.3 is 0 Å². The van der Waals surface area contributed by atoms with E-state index in [4.69, 9.17) is 11.6 Å². The minimum absolute atomic E-state index is 0.0237. The number of carbonyl (C=O) groups excluding carboxylic acids is 1. The quantitative estimate of drug-likeness (QED) is 0.476. The van der Waals surface area contributed by atoms with E-state index in [0.29, 0.717) is 43.4 Å². The van der Waals surface area contributed by atoms with Gasteiger partial charge in [-0.2, -0.15) is 0 Å². The van der Waals surface area contributed by atoms with E-state index in [-0.39, 0.29) is 11.6 Å². The molecule has 2 aromatic rings. The van der Waals surface area contributed by atoms with Crippen LogP contribution in [0.5, 0.6) is 0 Å². The fraction of sp³-hybridized carbons (Fsp3) is 0.458. The molecule has 2 aliphatic heterocycles. The molecule has 8 nitrogen and oxygen atoms in total. The number of aryl methyl sites for hydroxylation is 1. The normalized spacial score (nSPS) is 17.9. The summed E-state index contributed by atoms with van der Waals surface area (Å²) in [5, 5.41) is 11.8. The van der Waals surface area contributed by atoms with Gasteiger partial charge in [0.15, 0.2) is 0 Å². The first-order chi connectivity index (χ1) is 15.9. The summed E-state index contributed by atoms with van der Waals surface area (Å²) in [5.41, 5.74) is 3.26. The van der Waals surface area contributed by atoms with Crippen LogP contribution in [0.2, 0.25) is 5.02 Å². The molecule has 9 heteroatoms. The lowest BCUT2D eigenvalue weighted by Gasteiger charge is -2.38.